The summed E-state index contributed by atoms with van der Waals surface area (Å²) in [7, 11) is -0.432. The van der Waals surface area contributed by atoms with E-state index in [4.69, 9.17) is 14.2 Å². The first kappa shape index (κ1) is 26.5. The van der Waals surface area contributed by atoms with E-state index >= 15 is 0 Å². The fraction of sp³-hybridized carbons (Fsp3) is 0.286. The third kappa shape index (κ3) is 6.32. The number of para-hydroxylation sites is 2. The van der Waals surface area contributed by atoms with Crippen LogP contribution in [0.2, 0.25) is 0 Å². The number of hydrogen-bond donors (Lipinski definition) is 1. The van der Waals surface area contributed by atoms with Crippen molar-refractivity contribution in [2.24, 2.45) is 0 Å². The molecule has 1 N–H and O–H groups in total. The van der Waals surface area contributed by atoms with Gasteiger partial charge in [-0.1, -0.05) is 35.5 Å². The van der Waals surface area contributed by atoms with Gasteiger partial charge >= 0.3 is 0 Å². The van der Waals surface area contributed by atoms with Crippen LogP contribution in [0, 0.1) is 0 Å². The van der Waals surface area contributed by atoms with Gasteiger partial charge in [-0.05, 0) is 53.9 Å². The molecule has 0 saturated heterocycles. The maximum atomic E-state index is 12.8. The minimum atomic E-state index is -3.74. The number of sulfonamides is 1. The van der Waals surface area contributed by atoms with Gasteiger partial charge in [-0.2, -0.15) is 0 Å². The highest BCUT2D eigenvalue weighted by Crippen LogP contribution is 2.33. The number of benzene rings is 3. The number of hydrogen-bond acceptors (Lipinski definition) is 8. The molecule has 11 heteroatoms. The zero-order valence-corrected chi connectivity index (χ0v) is 22.7. The van der Waals surface area contributed by atoms with Gasteiger partial charge in [0.2, 0.25) is 0 Å². The molecule has 0 bridgehead atoms. The Kier molecular flexibility index (Phi) is 7.99. The summed E-state index contributed by atoms with van der Waals surface area (Å²) in [5.41, 5.74) is 3.54. The Labute approximate surface area is 228 Å². The van der Waals surface area contributed by atoms with Crippen molar-refractivity contribution in [3.63, 3.8) is 0 Å². The molecule has 10 nitrogen and oxygen atoms in total. The van der Waals surface area contributed by atoms with Gasteiger partial charge in [0, 0.05) is 19.6 Å². The molecule has 0 aliphatic carbocycles. The van der Waals surface area contributed by atoms with Gasteiger partial charge < -0.3 is 14.2 Å². The van der Waals surface area contributed by atoms with Crippen molar-refractivity contribution in [1.29, 1.82) is 0 Å². The van der Waals surface area contributed by atoms with Crippen LogP contribution in [0.4, 0.5) is 5.69 Å². The predicted molar refractivity (Wildman–Crippen MR) is 147 cm³/mol. The van der Waals surface area contributed by atoms with Crippen LogP contribution in [0.1, 0.15) is 16.8 Å². The summed E-state index contributed by atoms with van der Waals surface area (Å²) in [5.74, 6) is 1.91. The van der Waals surface area contributed by atoms with Gasteiger partial charge in [-0.25, -0.2) is 8.42 Å². The molecule has 0 spiro atoms. The number of nitrogens with zero attached hydrogens (tertiary/aromatic N) is 4. The molecule has 1 aromatic heterocycles. The lowest BCUT2D eigenvalue weighted by atomic mass is 9.99. The Morgan fingerprint density at radius 2 is 1.62 bits per heavy atom. The molecule has 2 heterocycles. The number of rotatable bonds is 11. The number of aromatic nitrogens is 3. The van der Waals surface area contributed by atoms with E-state index in [1.165, 1.54) is 11.1 Å². The molecule has 0 atom stereocenters. The van der Waals surface area contributed by atoms with Crippen molar-refractivity contribution >= 4 is 15.7 Å². The maximum Gasteiger partial charge on any atom is 0.262 e. The Hall–Kier alpha value is -4.09. The second kappa shape index (κ2) is 11.7. The van der Waals surface area contributed by atoms with Gasteiger partial charge in [0.25, 0.3) is 10.0 Å². The Morgan fingerprint density at radius 3 is 2.38 bits per heavy atom. The molecule has 3 aromatic carbocycles. The SMILES string of the molecule is COc1cc2c(cc1OC)CN(CCn1cc(COc3ccccc3NS(=O)(=O)c3ccccc3)nn1)CC2. The normalized spacial score (nSPS) is 13.5. The third-order valence-corrected chi connectivity index (χ3v) is 7.97. The van der Waals surface area contributed by atoms with Gasteiger partial charge in [0.1, 0.15) is 18.1 Å². The topological polar surface area (TPSA) is 108 Å². The number of nitrogens with one attached hydrogen (secondary N) is 1. The van der Waals surface area contributed by atoms with Crippen LogP contribution in [0.5, 0.6) is 17.2 Å². The predicted octanol–water partition coefficient (Wildman–Crippen LogP) is 3.73. The van der Waals surface area contributed by atoms with Crippen molar-refractivity contribution in [3.05, 3.63) is 89.7 Å². The monoisotopic (exact) mass is 549 g/mol. The summed E-state index contributed by atoms with van der Waals surface area (Å²) in [4.78, 5) is 2.56. The lowest BCUT2D eigenvalue weighted by Crippen LogP contribution is -2.33. The Bertz CT molecular complexity index is 1520. The standard InChI is InChI=1S/C28H31N5O5S/c1-36-27-16-21-12-13-32(18-22(21)17-28(27)37-2)14-15-33-19-23(29-31-33)20-38-26-11-7-6-10-25(26)30-39(34,35)24-8-4-3-5-9-24/h3-11,16-17,19,30H,12-15,18,20H2,1-2H3. The number of fused-ring (bicyclic) bond motifs is 1. The van der Waals surface area contributed by atoms with Gasteiger partial charge in [-0.3, -0.25) is 14.3 Å². The van der Waals surface area contributed by atoms with E-state index in [2.05, 4.69) is 32.1 Å². The van der Waals surface area contributed by atoms with E-state index in [1.54, 1.807) is 73.5 Å². The minimum absolute atomic E-state index is 0.156. The molecule has 0 unspecified atom stereocenters. The van der Waals surface area contributed by atoms with Crippen molar-refractivity contribution in [1.82, 2.24) is 19.9 Å². The summed E-state index contributed by atoms with van der Waals surface area (Å²) in [6.45, 7) is 3.44. The van der Waals surface area contributed by atoms with Crippen molar-refractivity contribution in [2.75, 3.05) is 32.0 Å². The van der Waals surface area contributed by atoms with E-state index in [1.807, 2.05) is 6.20 Å². The average Bonchev–Trinajstić information content (AvgIpc) is 3.43. The third-order valence-electron chi connectivity index (χ3n) is 6.59. The fourth-order valence-corrected chi connectivity index (χ4v) is 5.61. The largest absolute Gasteiger partial charge is 0.493 e. The van der Waals surface area contributed by atoms with Crippen molar-refractivity contribution in [2.45, 2.75) is 31.0 Å². The molecule has 1 aliphatic heterocycles. The van der Waals surface area contributed by atoms with Gasteiger partial charge in [0.05, 0.1) is 37.5 Å². The van der Waals surface area contributed by atoms with Crippen LogP contribution in [0.25, 0.3) is 0 Å². The number of methoxy groups -OCH3 is 2. The summed E-state index contributed by atoms with van der Waals surface area (Å²) in [6.07, 6.45) is 2.79. The highest BCUT2D eigenvalue weighted by molar-refractivity contribution is 7.92. The average molecular weight is 550 g/mol. The highest BCUT2D eigenvalue weighted by atomic mass is 32.2. The Morgan fingerprint density at radius 1 is 0.897 bits per heavy atom. The van der Waals surface area contributed by atoms with Crippen LogP contribution in [0.15, 0.2) is 77.8 Å². The molecular formula is C28H31N5O5S. The van der Waals surface area contributed by atoms with Gasteiger partial charge in [0.15, 0.2) is 11.5 Å². The van der Waals surface area contributed by atoms with Gasteiger partial charge in [-0.15, -0.1) is 5.10 Å². The van der Waals surface area contributed by atoms with Crippen LogP contribution in [-0.4, -0.2) is 55.6 Å². The minimum Gasteiger partial charge on any atom is -0.493 e. The zero-order chi connectivity index (χ0) is 27.2. The van der Waals surface area contributed by atoms with Crippen molar-refractivity contribution < 1.29 is 22.6 Å². The molecule has 0 amide bonds. The first-order chi connectivity index (χ1) is 18.9. The van der Waals surface area contributed by atoms with Crippen molar-refractivity contribution in [3.8, 4) is 17.2 Å². The number of ether oxygens (including phenoxy) is 3. The molecule has 0 saturated carbocycles. The molecule has 39 heavy (non-hydrogen) atoms. The molecule has 204 valence electrons. The zero-order valence-electron chi connectivity index (χ0n) is 21.9. The summed E-state index contributed by atoms with van der Waals surface area (Å²) in [5, 5.41) is 8.47. The smallest absolute Gasteiger partial charge is 0.262 e. The lowest BCUT2D eigenvalue weighted by Gasteiger charge is -2.29. The molecule has 0 radical (unpaired) electrons. The molecule has 0 fully saturated rings. The second-order valence-corrected chi connectivity index (χ2v) is 10.9. The van der Waals surface area contributed by atoms with Crippen LogP contribution in [-0.2, 0) is 36.1 Å². The van der Waals surface area contributed by atoms with E-state index in [9.17, 15) is 8.42 Å². The van der Waals surface area contributed by atoms with Crippen LogP contribution in [0.3, 0.4) is 0 Å². The first-order valence-electron chi connectivity index (χ1n) is 12.6. The van der Waals surface area contributed by atoms with E-state index in [-0.39, 0.29) is 11.5 Å². The fourth-order valence-electron chi connectivity index (χ4n) is 4.52. The molecule has 5 rings (SSSR count). The first-order valence-corrected chi connectivity index (χ1v) is 14.1. The Balaban J connectivity index is 1.16. The van der Waals surface area contributed by atoms with Crippen LogP contribution < -0.4 is 18.9 Å². The van der Waals surface area contributed by atoms with E-state index in [0.29, 0.717) is 23.7 Å². The quantitative estimate of drug-likeness (QED) is 0.302. The van der Waals surface area contributed by atoms with E-state index in [0.717, 1.165) is 37.6 Å². The van der Waals surface area contributed by atoms with Crippen LogP contribution >= 0.6 is 0 Å². The number of anilines is 1. The second-order valence-electron chi connectivity index (χ2n) is 9.18. The maximum absolute atomic E-state index is 12.8. The highest BCUT2D eigenvalue weighted by Gasteiger charge is 2.20. The summed E-state index contributed by atoms with van der Waals surface area (Å²) >= 11 is 0. The molecule has 1 aliphatic rings. The molecule has 4 aromatic rings. The van der Waals surface area contributed by atoms with E-state index < -0.39 is 10.0 Å². The lowest BCUT2D eigenvalue weighted by molar-refractivity contribution is 0.238. The summed E-state index contributed by atoms with van der Waals surface area (Å²) < 4.78 is 46.7. The molecular weight excluding hydrogens is 518 g/mol. The summed E-state index contributed by atoms with van der Waals surface area (Å²) in [6, 6.07) is 19.3.